The summed E-state index contributed by atoms with van der Waals surface area (Å²) < 4.78 is 21.4. The number of methoxy groups -OCH3 is 1. The molecule has 12 nitrogen and oxygen atoms in total. The predicted molar refractivity (Wildman–Crippen MR) is 124 cm³/mol. The molecule has 0 saturated carbocycles. The number of nitrogens with one attached hydrogen (secondary N) is 2. The molecule has 2 heterocycles. The normalized spacial score (nSPS) is 17.4. The Morgan fingerprint density at radius 1 is 1.17 bits per heavy atom. The number of hydrogen-bond donors (Lipinski definition) is 3. The number of carbonyl (C=O) groups is 4. The zero-order valence-corrected chi connectivity index (χ0v) is 20.9. The average molecular weight is 558 g/mol. The number of aliphatic hydroxyl groups excluding tert-OH is 1. The summed E-state index contributed by atoms with van der Waals surface area (Å²) in [6.07, 6.45) is 0.383. The summed E-state index contributed by atoms with van der Waals surface area (Å²) >= 11 is 3.44. The molecule has 1 fully saturated rings. The molecule has 3 rings (SSSR count). The van der Waals surface area contributed by atoms with Gasteiger partial charge in [-0.2, -0.15) is 0 Å². The first-order valence-corrected chi connectivity index (χ1v) is 11.8. The lowest BCUT2D eigenvalue weighted by Gasteiger charge is -2.29. The first-order chi connectivity index (χ1) is 16.9. The molecule has 0 spiro atoms. The molecule has 2 aliphatic heterocycles. The molecule has 0 aliphatic carbocycles. The minimum Gasteiger partial charge on any atom is -0.495 e. The lowest BCUT2D eigenvalue weighted by atomic mass is 10.0. The SMILES string of the molecule is COc1c(C(=O)NCCOCCOCCOCO)cc(Br)c2c1C(=O)N(C1CCC(=O)NC1=O)C2. The molecule has 0 aromatic heterocycles. The summed E-state index contributed by atoms with van der Waals surface area (Å²) in [7, 11) is 1.37. The van der Waals surface area contributed by atoms with E-state index in [4.69, 9.17) is 24.1 Å². The van der Waals surface area contributed by atoms with Gasteiger partial charge in [-0.25, -0.2) is 0 Å². The number of hydrogen-bond acceptors (Lipinski definition) is 9. The molecule has 1 unspecified atom stereocenters. The van der Waals surface area contributed by atoms with E-state index in [1.165, 1.54) is 12.0 Å². The Balaban J connectivity index is 1.59. The van der Waals surface area contributed by atoms with Crippen LogP contribution in [0.3, 0.4) is 0 Å². The number of fused-ring (bicyclic) bond motifs is 1. The third kappa shape index (κ3) is 6.55. The maximum Gasteiger partial charge on any atom is 0.259 e. The van der Waals surface area contributed by atoms with E-state index in [-0.39, 0.29) is 62.1 Å². The predicted octanol–water partition coefficient (Wildman–Crippen LogP) is -0.0519. The minimum absolute atomic E-state index is 0.125. The van der Waals surface area contributed by atoms with Gasteiger partial charge in [-0.05, 0) is 12.5 Å². The van der Waals surface area contributed by atoms with Gasteiger partial charge in [0.2, 0.25) is 11.8 Å². The molecule has 1 atom stereocenters. The fraction of sp³-hybridized carbons (Fsp3) is 0.545. The number of benzene rings is 1. The summed E-state index contributed by atoms with van der Waals surface area (Å²) in [5.74, 6) is -1.63. The number of piperidine rings is 1. The van der Waals surface area contributed by atoms with Crippen LogP contribution in [0.1, 0.15) is 39.1 Å². The minimum atomic E-state index is -0.773. The molecule has 192 valence electrons. The molecule has 3 N–H and O–H groups in total. The van der Waals surface area contributed by atoms with Gasteiger partial charge < -0.3 is 34.3 Å². The van der Waals surface area contributed by atoms with Crippen molar-refractivity contribution in [3.63, 3.8) is 0 Å². The van der Waals surface area contributed by atoms with Crippen LogP contribution in [0.5, 0.6) is 5.75 Å². The molecule has 0 radical (unpaired) electrons. The maximum absolute atomic E-state index is 13.2. The third-order valence-electron chi connectivity index (χ3n) is 5.54. The summed E-state index contributed by atoms with van der Waals surface area (Å²) in [6.45, 7) is 1.58. The van der Waals surface area contributed by atoms with Crippen molar-refractivity contribution in [2.45, 2.75) is 25.4 Å². The largest absolute Gasteiger partial charge is 0.495 e. The van der Waals surface area contributed by atoms with Crippen molar-refractivity contribution in [2.75, 3.05) is 53.5 Å². The second kappa shape index (κ2) is 12.9. The van der Waals surface area contributed by atoms with Crippen LogP contribution >= 0.6 is 15.9 Å². The second-order valence-corrected chi connectivity index (χ2v) is 8.57. The standard InChI is InChI=1S/C22H28BrN3O9/c1-32-19-13(20(29)24-4-5-33-6-7-34-8-9-35-12-27)10-15(23)14-11-26(22(31)18(14)19)16-2-3-17(28)25-21(16)30/h10,16,27H,2-9,11-12H2,1H3,(H,24,29)(H,25,28,30). The van der Waals surface area contributed by atoms with Crippen LogP contribution in [0, 0.1) is 0 Å². The molecule has 1 aromatic carbocycles. The maximum atomic E-state index is 13.2. The fourth-order valence-corrected chi connectivity index (χ4v) is 4.44. The number of imide groups is 1. The van der Waals surface area contributed by atoms with Crippen molar-refractivity contribution in [3.8, 4) is 5.75 Å². The van der Waals surface area contributed by atoms with Gasteiger partial charge in [0.15, 0.2) is 0 Å². The highest BCUT2D eigenvalue weighted by Crippen LogP contribution is 2.40. The second-order valence-electron chi connectivity index (χ2n) is 7.71. The Morgan fingerprint density at radius 3 is 2.51 bits per heavy atom. The van der Waals surface area contributed by atoms with Crippen LogP contribution in [-0.2, 0) is 30.3 Å². The number of nitrogens with zero attached hydrogens (tertiary/aromatic N) is 1. The van der Waals surface area contributed by atoms with Crippen LogP contribution in [0.25, 0.3) is 0 Å². The Bertz CT molecular complexity index is 972. The Hall–Kier alpha value is -2.58. The van der Waals surface area contributed by atoms with Gasteiger partial charge in [-0.1, -0.05) is 15.9 Å². The van der Waals surface area contributed by atoms with E-state index in [9.17, 15) is 19.2 Å². The molecule has 0 bridgehead atoms. The third-order valence-corrected chi connectivity index (χ3v) is 6.25. The molecule has 1 saturated heterocycles. The molecule has 35 heavy (non-hydrogen) atoms. The van der Waals surface area contributed by atoms with Gasteiger partial charge in [0, 0.05) is 29.5 Å². The molecule has 13 heteroatoms. The van der Waals surface area contributed by atoms with Crippen molar-refractivity contribution < 1.29 is 43.2 Å². The van der Waals surface area contributed by atoms with Crippen LogP contribution in [0.15, 0.2) is 10.5 Å². The van der Waals surface area contributed by atoms with E-state index >= 15 is 0 Å². The molecule has 4 amide bonds. The first kappa shape index (κ1) is 27.0. The smallest absolute Gasteiger partial charge is 0.259 e. The van der Waals surface area contributed by atoms with E-state index in [1.807, 2.05) is 0 Å². The highest BCUT2D eigenvalue weighted by molar-refractivity contribution is 9.10. The van der Waals surface area contributed by atoms with Gasteiger partial charge in [0.1, 0.15) is 18.6 Å². The lowest BCUT2D eigenvalue weighted by molar-refractivity contribution is -0.136. The summed E-state index contributed by atoms with van der Waals surface area (Å²) in [5, 5.41) is 13.5. The molecule has 1 aromatic rings. The summed E-state index contributed by atoms with van der Waals surface area (Å²) in [6, 6.07) is 0.807. The number of amides is 4. The number of halogens is 1. The van der Waals surface area contributed by atoms with Gasteiger partial charge in [0.05, 0.1) is 51.3 Å². The highest BCUT2D eigenvalue weighted by Gasteiger charge is 2.42. The topological polar surface area (TPSA) is 153 Å². The summed E-state index contributed by atoms with van der Waals surface area (Å²) in [5.41, 5.74) is 1.000. The average Bonchev–Trinajstić information content (AvgIpc) is 3.17. The number of aliphatic hydroxyl groups is 1. The van der Waals surface area contributed by atoms with Crippen molar-refractivity contribution >= 4 is 39.6 Å². The van der Waals surface area contributed by atoms with E-state index in [0.29, 0.717) is 36.5 Å². The van der Waals surface area contributed by atoms with E-state index in [2.05, 4.69) is 26.6 Å². The number of ether oxygens (including phenoxy) is 4. The number of carbonyl (C=O) groups excluding carboxylic acids is 4. The summed E-state index contributed by atoms with van der Waals surface area (Å²) in [4.78, 5) is 51.3. The Morgan fingerprint density at radius 2 is 1.86 bits per heavy atom. The van der Waals surface area contributed by atoms with Crippen molar-refractivity contribution in [2.24, 2.45) is 0 Å². The molecule has 2 aliphatic rings. The van der Waals surface area contributed by atoms with Crippen molar-refractivity contribution in [1.29, 1.82) is 0 Å². The quantitative estimate of drug-likeness (QED) is 0.172. The van der Waals surface area contributed by atoms with Crippen molar-refractivity contribution in [3.05, 3.63) is 27.2 Å². The van der Waals surface area contributed by atoms with E-state index < -0.39 is 23.8 Å². The number of rotatable bonds is 13. The van der Waals surface area contributed by atoms with Crippen LogP contribution < -0.4 is 15.4 Å². The monoisotopic (exact) mass is 557 g/mol. The van der Waals surface area contributed by atoms with Crippen LogP contribution in [-0.4, -0.2) is 93.2 Å². The van der Waals surface area contributed by atoms with E-state index in [0.717, 1.165) is 0 Å². The van der Waals surface area contributed by atoms with Crippen molar-refractivity contribution in [1.82, 2.24) is 15.5 Å². The van der Waals surface area contributed by atoms with Gasteiger partial charge >= 0.3 is 0 Å². The Kier molecular flexibility index (Phi) is 9.98. The Labute approximate surface area is 210 Å². The van der Waals surface area contributed by atoms with Crippen LogP contribution in [0.2, 0.25) is 0 Å². The van der Waals surface area contributed by atoms with Crippen LogP contribution in [0.4, 0.5) is 0 Å². The van der Waals surface area contributed by atoms with Gasteiger partial charge in [-0.3, -0.25) is 24.5 Å². The molecular weight excluding hydrogens is 530 g/mol. The van der Waals surface area contributed by atoms with Gasteiger partial charge in [-0.15, -0.1) is 0 Å². The lowest BCUT2D eigenvalue weighted by Crippen LogP contribution is -2.52. The zero-order valence-electron chi connectivity index (χ0n) is 19.3. The van der Waals surface area contributed by atoms with E-state index in [1.54, 1.807) is 6.07 Å². The molecular formula is C22H28BrN3O9. The highest BCUT2D eigenvalue weighted by atomic mass is 79.9. The zero-order chi connectivity index (χ0) is 25.4. The van der Waals surface area contributed by atoms with Gasteiger partial charge in [0.25, 0.3) is 11.8 Å². The first-order valence-electron chi connectivity index (χ1n) is 11.0. The fourth-order valence-electron chi connectivity index (χ4n) is 3.89.